The number of likely N-dealkylation sites (tertiary alicyclic amines) is 1. The van der Waals surface area contributed by atoms with Crippen molar-refractivity contribution >= 4 is 11.7 Å². The van der Waals surface area contributed by atoms with E-state index >= 15 is 0 Å². The van der Waals surface area contributed by atoms with Gasteiger partial charge in [-0.25, -0.2) is 8.78 Å². The number of nitrogens with zero attached hydrogens (tertiary/aromatic N) is 3. The van der Waals surface area contributed by atoms with E-state index in [0.29, 0.717) is 35.6 Å². The van der Waals surface area contributed by atoms with E-state index < -0.39 is 11.6 Å². The molecule has 0 aliphatic carbocycles. The van der Waals surface area contributed by atoms with E-state index in [4.69, 9.17) is 9.40 Å². The number of aromatic nitrogens is 1. The lowest BCUT2D eigenvalue weighted by atomic mass is 9.67. The number of anilines is 2. The highest BCUT2D eigenvalue weighted by Crippen LogP contribution is 2.47. The second-order valence-corrected chi connectivity index (χ2v) is 12.0. The fourth-order valence-electron chi connectivity index (χ4n) is 7.11. The van der Waals surface area contributed by atoms with E-state index in [9.17, 15) is 8.78 Å². The third kappa shape index (κ3) is 5.06. The van der Waals surface area contributed by atoms with Crippen LogP contribution in [0.15, 0.2) is 40.8 Å². The Hall–Kier alpha value is -2.93. The molecule has 3 aliphatic heterocycles. The minimum atomic E-state index is -0.608. The molecule has 6 rings (SSSR count). The van der Waals surface area contributed by atoms with Crippen LogP contribution >= 0.6 is 0 Å². The number of oxazole rings is 1. The van der Waals surface area contributed by atoms with Crippen LogP contribution in [0.3, 0.4) is 0 Å². The van der Waals surface area contributed by atoms with Crippen LogP contribution in [-0.2, 0) is 11.8 Å². The lowest BCUT2D eigenvalue weighted by Crippen LogP contribution is -2.50. The highest BCUT2D eigenvalue weighted by molar-refractivity contribution is 5.63. The van der Waals surface area contributed by atoms with Crippen molar-refractivity contribution in [3.05, 3.63) is 64.9 Å². The smallest absolute Gasteiger partial charge is 0.298 e. The Morgan fingerprint density at radius 1 is 1.08 bits per heavy atom. The van der Waals surface area contributed by atoms with Crippen LogP contribution in [-0.4, -0.2) is 49.2 Å². The van der Waals surface area contributed by atoms with E-state index in [2.05, 4.69) is 47.2 Å². The van der Waals surface area contributed by atoms with Gasteiger partial charge in [-0.15, -0.1) is 0 Å². The number of piperidine rings is 2. The van der Waals surface area contributed by atoms with Crippen LogP contribution in [0.2, 0.25) is 0 Å². The summed E-state index contributed by atoms with van der Waals surface area (Å²) in [7, 11) is 0. The maximum absolute atomic E-state index is 13.8. The number of aryl methyl sites for hydroxylation is 2. The van der Waals surface area contributed by atoms with Gasteiger partial charge in [0.15, 0.2) is 5.76 Å². The zero-order valence-corrected chi connectivity index (χ0v) is 23.4. The normalized spacial score (nSPS) is 23.8. The van der Waals surface area contributed by atoms with Gasteiger partial charge in [0.1, 0.15) is 11.6 Å². The van der Waals surface area contributed by atoms with E-state index in [1.807, 2.05) is 6.92 Å². The van der Waals surface area contributed by atoms with Crippen molar-refractivity contribution in [2.24, 2.45) is 11.8 Å². The molecule has 2 atom stereocenters. The first-order chi connectivity index (χ1) is 18.8. The summed E-state index contributed by atoms with van der Waals surface area (Å²) >= 11 is 0. The summed E-state index contributed by atoms with van der Waals surface area (Å²) in [5.74, 6) is 0.581. The van der Waals surface area contributed by atoms with Gasteiger partial charge >= 0.3 is 0 Å². The first-order valence-electron chi connectivity index (χ1n) is 14.6. The molecule has 5 nitrogen and oxygen atoms in total. The average molecular weight is 535 g/mol. The van der Waals surface area contributed by atoms with Gasteiger partial charge in [-0.2, -0.15) is 4.98 Å². The van der Waals surface area contributed by atoms with Crippen LogP contribution in [0.4, 0.5) is 20.5 Å². The predicted molar refractivity (Wildman–Crippen MR) is 152 cm³/mol. The van der Waals surface area contributed by atoms with Gasteiger partial charge in [-0.3, -0.25) is 0 Å². The largest absolute Gasteiger partial charge is 0.423 e. The lowest BCUT2D eigenvalue weighted by molar-refractivity contribution is 0.104. The number of nitrogens with one attached hydrogen (secondary N) is 1. The van der Waals surface area contributed by atoms with Crippen molar-refractivity contribution in [3.8, 4) is 11.3 Å². The zero-order chi connectivity index (χ0) is 27.1. The van der Waals surface area contributed by atoms with Crippen LogP contribution < -0.4 is 10.2 Å². The SMILES string of the molecule is CCc1nc(N2CCC(CCN3CCC4(CNc5cc(C)ccc54)[C@@H](C)C3)CC2)oc1-c1cc(F)cc(F)c1. The molecule has 1 aromatic heterocycles. The molecule has 7 heteroatoms. The third-order valence-corrected chi connectivity index (χ3v) is 9.54. The number of benzene rings is 2. The molecule has 1 N–H and O–H groups in total. The molecule has 0 radical (unpaired) electrons. The summed E-state index contributed by atoms with van der Waals surface area (Å²) < 4.78 is 33.7. The molecular weight excluding hydrogens is 494 g/mol. The minimum Gasteiger partial charge on any atom is -0.423 e. The van der Waals surface area contributed by atoms with Gasteiger partial charge in [0.05, 0.1) is 5.69 Å². The van der Waals surface area contributed by atoms with Crippen molar-refractivity contribution in [3.63, 3.8) is 0 Å². The van der Waals surface area contributed by atoms with Gasteiger partial charge < -0.3 is 19.5 Å². The third-order valence-electron chi connectivity index (χ3n) is 9.54. The second kappa shape index (κ2) is 10.6. The highest BCUT2D eigenvalue weighted by Gasteiger charge is 2.46. The molecule has 4 heterocycles. The molecule has 1 unspecified atom stereocenters. The molecule has 1 spiro atoms. The zero-order valence-electron chi connectivity index (χ0n) is 23.4. The van der Waals surface area contributed by atoms with Gasteiger partial charge in [-0.1, -0.05) is 26.0 Å². The Kier molecular flexibility index (Phi) is 7.13. The average Bonchev–Trinajstić information content (AvgIpc) is 3.51. The molecular formula is C32H40F2N4O. The molecule has 39 heavy (non-hydrogen) atoms. The topological polar surface area (TPSA) is 44.5 Å². The first kappa shape index (κ1) is 26.3. The molecule has 0 saturated carbocycles. The second-order valence-electron chi connectivity index (χ2n) is 12.0. The predicted octanol–water partition coefficient (Wildman–Crippen LogP) is 6.80. The summed E-state index contributed by atoms with van der Waals surface area (Å²) in [5.41, 5.74) is 5.61. The summed E-state index contributed by atoms with van der Waals surface area (Å²) in [6, 6.07) is 11.0. The molecule has 0 amide bonds. The van der Waals surface area contributed by atoms with Crippen LogP contribution in [0.5, 0.6) is 0 Å². The molecule has 2 fully saturated rings. The van der Waals surface area contributed by atoms with Crippen molar-refractivity contribution in [1.29, 1.82) is 0 Å². The standard InChI is InChI=1S/C32H40F2N4O/c1-4-28-30(24-16-25(33)18-26(34)17-24)39-31(36-28)38-12-8-23(9-13-38)7-11-37-14-10-32(22(3)19-37)20-35-29-15-21(2)5-6-27(29)32/h5-6,15-18,22-23,35H,4,7-14,19-20H2,1-3H3/t22-,32?/m0/s1. The summed E-state index contributed by atoms with van der Waals surface area (Å²) in [5, 5.41) is 3.70. The van der Waals surface area contributed by atoms with Crippen LogP contribution in [0, 0.1) is 30.4 Å². The monoisotopic (exact) mass is 534 g/mol. The Balaban J connectivity index is 1.02. The van der Waals surface area contributed by atoms with Gasteiger partial charge in [-0.05, 0) is 93.3 Å². The quantitative estimate of drug-likeness (QED) is 0.377. The number of fused-ring (bicyclic) bond motifs is 2. The lowest BCUT2D eigenvalue weighted by Gasteiger charge is -2.45. The van der Waals surface area contributed by atoms with Crippen LogP contribution in [0.25, 0.3) is 11.3 Å². The first-order valence-corrected chi connectivity index (χ1v) is 14.6. The van der Waals surface area contributed by atoms with E-state index in [-0.39, 0.29) is 5.41 Å². The van der Waals surface area contributed by atoms with E-state index in [1.54, 1.807) is 0 Å². The van der Waals surface area contributed by atoms with Crippen LogP contribution in [0.1, 0.15) is 56.4 Å². The highest BCUT2D eigenvalue weighted by atomic mass is 19.1. The Morgan fingerprint density at radius 2 is 1.85 bits per heavy atom. The maximum Gasteiger partial charge on any atom is 0.298 e. The number of hydrogen-bond acceptors (Lipinski definition) is 5. The molecule has 3 aromatic rings. The van der Waals surface area contributed by atoms with E-state index in [0.717, 1.165) is 63.9 Å². The van der Waals surface area contributed by atoms with Gasteiger partial charge in [0.25, 0.3) is 6.01 Å². The summed E-state index contributed by atoms with van der Waals surface area (Å²) in [4.78, 5) is 9.57. The summed E-state index contributed by atoms with van der Waals surface area (Å²) in [6.07, 6.45) is 5.30. The van der Waals surface area contributed by atoms with Gasteiger partial charge in [0.2, 0.25) is 0 Å². The van der Waals surface area contributed by atoms with Crippen molar-refractivity contribution in [1.82, 2.24) is 9.88 Å². The number of halogens is 2. The molecule has 3 aliphatic rings. The minimum absolute atomic E-state index is 0.272. The number of hydrogen-bond donors (Lipinski definition) is 1. The van der Waals surface area contributed by atoms with E-state index in [1.165, 1.54) is 41.8 Å². The molecule has 2 saturated heterocycles. The Morgan fingerprint density at radius 3 is 2.56 bits per heavy atom. The molecule has 208 valence electrons. The summed E-state index contributed by atoms with van der Waals surface area (Å²) in [6.45, 7) is 12.9. The molecule has 2 aromatic carbocycles. The Bertz CT molecular complexity index is 1310. The van der Waals surface area contributed by atoms with Gasteiger partial charge in [0, 0.05) is 48.9 Å². The van der Waals surface area contributed by atoms with Crippen molar-refractivity contribution in [2.75, 3.05) is 49.5 Å². The fourth-order valence-corrected chi connectivity index (χ4v) is 7.11. The fraction of sp³-hybridized carbons (Fsp3) is 0.531. The maximum atomic E-state index is 13.8. The number of rotatable bonds is 6. The van der Waals surface area contributed by atoms with Crippen molar-refractivity contribution < 1.29 is 13.2 Å². The molecule has 0 bridgehead atoms. The Labute approximate surface area is 230 Å². The van der Waals surface area contributed by atoms with Crippen molar-refractivity contribution in [2.45, 2.75) is 58.3 Å².